The van der Waals surface area contributed by atoms with Gasteiger partial charge < -0.3 is 9.47 Å². The van der Waals surface area contributed by atoms with E-state index >= 15 is 0 Å². The van der Waals surface area contributed by atoms with E-state index in [1.807, 2.05) is 0 Å². The van der Waals surface area contributed by atoms with Crippen molar-refractivity contribution in [3.05, 3.63) is 22.3 Å². The molecule has 0 heterocycles. The highest BCUT2D eigenvalue weighted by atomic mass is 16.5. The summed E-state index contributed by atoms with van der Waals surface area (Å²) in [5.74, 6) is -0.516. The van der Waals surface area contributed by atoms with Gasteiger partial charge in [0.1, 0.15) is 0 Å². The molecule has 0 aromatic rings. The van der Waals surface area contributed by atoms with Crippen molar-refractivity contribution in [1.29, 1.82) is 0 Å². The van der Waals surface area contributed by atoms with Gasteiger partial charge in [0.25, 0.3) is 0 Å². The Labute approximate surface area is 107 Å². The van der Waals surface area contributed by atoms with Crippen LogP contribution in [-0.4, -0.2) is 26.2 Å². The summed E-state index contributed by atoms with van der Waals surface area (Å²) in [5.41, 5.74) is 3.55. The number of methoxy groups -OCH3 is 2. The van der Waals surface area contributed by atoms with E-state index in [9.17, 15) is 9.59 Å². The number of rotatable bonds is 3. The Morgan fingerprint density at radius 1 is 0.778 bits per heavy atom. The average Bonchev–Trinajstić information content (AvgIpc) is 3.04. The molecule has 0 fully saturated rings. The predicted molar refractivity (Wildman–Crippen MR) is 65.8 cm³/mol. The van der Waals surface area contributed by atoms with E-state index in [-0.39, 0.29) is 11.9 Å². The van der Waals surface area contributed by atoms with Gasteiger partial charge in [0.2, 0.25) is 0 Å². The highest BCUT2D eigenvalue weighted by Gasteiger charge is 2.30. The fourth-order valence-corrected chi connectivity index (χ4v) is 2.85. The van der Waals surface area contributed by atoms with E-state index in [2.05, 4.69) is 0 Å². The number of hydrogen-bond donors (Lipinski definition) is 0. The normalized spacial score (nSPS) is 19.4. The van der Waals surface area contributed by atoms with Crippen LogP contribution in [0.3, 0.4) is 0 Å². The largest absolute Gasteiger partial charge is 0.466 e. The van der Waals surface area contributed by atoms with Gasteiger partial charge in [-0.3, -0.25) is 0 Å². The molecule has 2 aliphatic rings. The van der Waals surface area contributed by atoms with Gasteiger partial charge in [-0.25, -0.2) is 9.59 Å². The zero-order chi connectivity index (χ0) is 13.1. The van der Waals surface area contributed by atoms with Crippen LogP contribution in [0.2, 0.25) is 0 Å². The van der Waals surface area contributed by atoms with Gasteiger partial charge in [0.15, 0.2) is 0 Å². The van der Waals surface area contributed by atoms with Crippen molar-refractivity contribution >= 4 is 11.9 Å². The highest BCUT2D eigenvalue weighted by Crippen LogP contribution is 2.40. The Hall–Kier alpha value is -1.58. The van der Waals surface area contributed by atoms with Crippen LogP contribution in [-0.2, 0) is 19.1 Å². The molecule has 0 saturated carbocycles. The van der Waals surface area contributed by atoms with Gasteiger partial charge >= 0.3 is 11.9 Å². The topological polar surface area (TPSA) is 52.6 Å². The lowest BCUT2D eigenvalue weighted by Gasteiger charge is -2.09. The SMILES string of the molecule is COC(=O)C1=C(C2=C(C(=O)OC)CCC2)CCC1. The Kier molecular flexibility index (Phi) is 3.84. The van der Waals surface area contributed by atoms with Gasteiger partial charge in [-0.05, 0) is 49.7 Å². The molecule has 0 spiro atoms. The quantitative estimate of drug-likeness (QED) is 0.721. The molecule has 0 saturated heterocycles. The summed E-state index contributed by atoms with van der Waals surface area (Å²) in [5, 5.41) is 0. The maximum atomic E-state index is 11.7. The molecule has 2 aliphatic carbocycles. The third-order valence-corrected chi connectivity index (χ3v) is 3.66. The van der Waals surface area contributed by atoms with Crippen LogP contribution in [0.4, 0.5) is 0 Å². The minimum atomic E-state index is -0.258. The second-order valence-electron chi connectivity index (χ2n) is 4.60. The van der Waals surface area contributed by atoms with Crippen molar-refractivity contribution in [3.63, 3.8) is 0 Å². The average molecular weight is 250 g/mol. The summed E-state index contributed by atoms with van der Waals surface area (Å²) in [7, 11) is 2.80. The number of ether oxygens (including phenoxy) is 2. The van der Waals surface area contributed by atoms with Crippen LogP contribution in [0.15, 0.2) is 22.3 Å². The highest BCUT2D eigenvalue weighted by molar-refractivity contribution is 5.94. The molecule has 0 unspecified atom stereocenters. The van der Waals surface area contributed by atoms with E-state index in [1.54, 1.807) is 0 Å². The van der Waals surface area contributed by atoms with Crippen LogP contribution in [0.5, 0.6) is 0 Å². The predicted octanol–water partition coefficient (Wildman–Crippen LogP) is 2.29. The molecule has 98 valence electrons. The van der Waals surface area contributed by atoms with E-state index < -0.39 is 0 Å². The van der Waals surface area contributed by atoms with Gasteiger partial charge in [-0.2, -0.15) is 0 Å². The number of carbonyl (C=O) groups is 2. The molecule has 4 nitrogen and oxygen atoms in total. The third-order valence-electron chi connectivity index (χ3n) is 3.66. The van der Waals surface area contributed by atoms with E-state index in [0.717, 1.165) is 60.8 Å². The van der Waals surface area contributed by atoms with Crippen molar-refractivity contribution in [2.75, 3.05) is 14.2 Å². The molecule has 0 aromatic carbocycles. The standard InChI is InChI=1S/C14H18O4/c1-17-13(15)11-7-3-5-9(11)10-6-4-8-12(10)14(16)18-2/h3-8H2,1-2H3. The monoisotopic (exact) mass is 250 g/mol. The van der Waals surface area contributed by atoms with Crippen molar-refractivity contribution in [2.24, 2.45) is 0 Å². The lowest BCUT2D eigenvalue weighted by atomic mass is 9.98. The molecule has 0 N–H and O–H groups in total. The van der Waals surface area contributed by atoms with Crippen molar-refractivity contribution in [2.45, 2.75) is 38.5 Å². The first-order valence-electron chi connectivity index (χ1n) is 6.30. The van der Waals surface area contributed by atoms with Crippen LogP contribution in [0, 0.1) is 0 Å². The van der Waals surface area contributed by atoms with Gasteiger partial charge in [-0.15, -0.1) is 0 Å². The van der Waals surface area contributed by atoms with Crippen LogP contribution in [0.25, 0.3) is 0 Å². The Morgan fingerprint density at radius 2 is 1.17 bits per heavy atom. The lowest BCUT2D eigenvalue weighted by molar-refractivity contribution is -0.137. The molecule has 0 bridgehead atoms. The van der Waals surface area contributed by atoms with Crippen LogP contribution in [0.1, 0.15) is 38.5 Å². The summed E-state index contributed by atoms with van der Waals surface area (Å²) in [6.45, 7) is 0. The molecular weight excluding hydrogens is 232 g/mol. The first-order chi connectivity index (χ1) is 8.69. The first kappa shape index (κ1) is 12.9. The molecule has 0 amide bonds. The fourth-order valence-electron chi connectivity index (χ4n) is 2.85. The smallest absolute Gasteiger partial charge is 0.334 e. The van der Waals surface area contributed by atoms with Crippen molar-refractivity contribution in [3.8, 4) is 0 Å². The molecule has 0 atom stereocenters. The van der Waals surface area contributed by atoms with Gasteiger partial charge in [0.05, 0.1) is 14.2 Å². The maximum Gasteiger partial charge on any atom is 0.334 e. The molecular formula is C14H18O4. The van der Waals surface area contributed by atoms with Crippen molar-refractivity contribution in [1.82, 2.24) is 0 Å². The second-order valence-corrected chi connectivity index (χ2v) is 4.60. The Balaban J connectivity index is 2.40. The summed E-state index contributed by atoms with van der Waals surface area (Å²) < 4.78 is 9.62. The number of carbonyl (C=O) groups excluding carboxylic acids is 2. The van der Waals surface area contributed by atoms with Crippen molar-refractivity contribution < 1.29 is 19.1 Å². The van der Waals surface area contributed by atoms with E-state index in [1.165, 1.54) is 14.2 Å². The summed E-state index contributed by atoms with van der Waals surface area (Å²) >= 11 is 0. The van der Waals surface area contributed by atoms with E-state index in [0.29, 0.717) is 0 Å². The zero-order valence-electron chi connectivity index (χ0n) is 10.9. The Bertz CT molecular complexity index is 401. The third kappa shape index (κ3) is 2.19. The number of allylic oxidation sites excluding steroid dienone is 2. The molecule has 4 heteroatoms. The van der Waals surface area contributed by atoms with Gasteiger partial charge in [-0.1, -0.05) is 0 Å². The fraction of sp³-hybridized carbons (Fsp3) is 0.571. The second kappa shape index (κ2) is 5.38. The van der Waals surface area contributed by atoms with Crippen LogP contribution < -0.4 is 0 Å². The minimum Gasteiger partial charge on any atom is -0.466 e. The lowest BCUT2D eigenvalue weighted by Crippen LogP contribution is -2.08. The molecule has 0 aliphatic heterocycles. The first-order valence-corrected chi connectivity index (χ1v) is 6.30. The molecule has 18 heavy (non-hydrogen) atoms. The van der Waals surface area contributed by atoms with E-state index in [4.69, 9.17) is 9.47 Å². The van der Waals surface area contributed by atoms with Crippen LogP contribution >= 0.6 is 0 Å². The number of hydrogen-bond acceptors (Lipinski definition) is 4. The maximum absolute atomic E-state index is 11.7. The molecule has 2 rings (SSSR count). The summed E-state index contributed by atoms with van der Waals surface area (Å²) in [4.78, 5) is 23.4. The molecule has 0 radical (unpaired) electrons. The zero-order valence-corrected chi connectivity index (χ0v) is 10.9. The minimum absolute atomic E-state index is 0.258. The summed E-state index contributed by atoms with van der Waals surface area (Å²) in [6, 6.07) is 0. The Morgan fingerprint density at radius 3 is 1.50 bits per heavy atom. The summed E-state index contributed by atoms with van der Waals surface area (Å²) in [6.07, 6.45) is 5.13. The number of esters is 2. The molecule has 0 aromatic heterocycles. The van der Waals surface area contributed by atoms with Gasteiger partial charge in [0, 0.05) is 11.1 Å².